The SMILES string of the molecule is C=C1N[C@H](C)COc2ccc(F)cc2CNC2=NC3=C1CNN3C=C2. The highest BCUT2D eigenvalue weighted by Crippen LogP contribution is 2.25. The van der Waals surface area contributed by atoms with Gasteiger partial charge in [-0.25, -0.2) is 14.8 Å². The first-order chi connectivity index (χ1) is 12.1. The standard InChI is InChI=1S/C18H20FN5O/c1-11-10-25-16-4-3-14(19)7-13(16)8-20-17-5-6-24-18(23-17)15(9-21-24)12(2)22-11/h3-7,11,21-22H,2,8-10H2,1H3,(H,20,23)/t11-/m1/s1. The zero-order chi connectivity index (χ0) is 17.4. The number of aliphatic imine (C=N–C) groups is 1. The molecule has 2 bridgehead atoms. The topological polar surface area (TPSA) is 60.9 Å². The Balaban J connectivity index is 1.70. The van der Waals surface area contributed by atoms with Crippen LogP contribution in [0.5, 0.6) is 5.75 Å². The maximum absolute atomic E-state index is 13.6. The second-order valence-corrected chi connectivity index (χ2v) is 6.26. The van der Waals surface area contributed by atoms with Crippen LogP contribution in [0.1, 0.15) is 12.5 Å². The quantitative estimate of drug-likeness (QED) is 0.671. The summed E-state index contributed by atoms with van der Waals surface area (Å²) in [6, 6.07) is 4.60. The van der Waals surface area contributed by atoms with Crippen molar-refractivity contribution in [2.24, 2.45) is 4.99 Å². The molecule has 7 heteroatoms. The van der Waals surface area contributed by atoms with Crippen LogP contribution in [0.2, 0.25) is 0 Å². The van der Waals surface area contributed by atoms with Gasteiger partial charge in [0.1, 0.15) is 24.0 Å². The van der Waals surface area contributed by atoms with Crippen molar-refractivity contribution in [1.82, 2.24) is 21.1 Å². The minimum absolute atomic E-state index is 0.0452. The van der Waals surface area contributed by atoms with Crippen molar-refractivity contribution in [3.05, 3.63) is 65.5 Å². The van der Waals surface area contributed by atoms with Crippen molar-refractivity contribution in [1.29, 1.82) is 0 Å². The van der Waals surface area contributed by atoms with Crippen molar-refractivity contribution in [3.63, 3.8) is 0 Å². The summed E-state index contributed by atoms with van der Waals surface area (Å²) < 4.78 is 19.5. The van der Waals surface area contributed by atoms with Crippen molar-refractivity contribution < 1.29 is 9.13 Å². The van der Waals surface area contributed by atoms with E-state index in [0.717, 1.165) is 22.7 Å². The summed E-state index contributed by atoms with van der Waals surface area (Å²) in [5.41, 5.74) is 5.83. The van der Waals surface area contributed by atoms with Crippen LogP contribution in [0.4, 0.5) is 4.39 Å². The van der Waals surface area contributed by atoms with E-state index in [0.29, 0.717) is 31.3 Å². The van der Waals surface area contributed by atoms with Crippen molar-refractivity contribution in [3.8, 4) is 5.75 Å². The van der Waals surface area contributed by atoms with E-state index in [1.165, 1.54) is 12.1 Å². The number of ether oxygens (including phenoxy) is 1. The molecule has 3 heterocycles. The first-order valence-electron chi connectivity index (χ1n) is 8.24. The van der Waals surface area contributed by atoms with E-state index in [4.69, 9.17) is 4.74 Å². The summed E-state index contributed by atoms with van der Waals surface area (Å²) >= 11 is 0. The summed E-state index contributed by atoms with van der Waals surface area (Å²) in [6.45, 7) is 7.69. The summed E-state index contributed by atoms with van der Waals surface area (Å²) in [7, 11) is 0. The Morgan fingerprint density at radius 3 is 3.12 bits per heavy atom. The number of hydrogen-bond donors (Lipinski definition) is 3. The normalized spacial score (nSPS) is 22.6. The molecular formula is C18H20FN5O. The molecule has 3 N–H and O–H groups in total. The third-order valence-corrected chi connectivity index (χ3v) is 4.29. The molecule has 130 valence electrons. The summed E-state index contributed by atoms with van der Waals surface area (Å²) in [6.07, 6.45) is 3.79. The van der Waals surface area contributed by atoms with E-state index in [9.17, 15) is 4.39 Å². The molecule has 0 aromatic heterocycles. The van der Waals surface area contributed by atoms with E-state index >= 15 is 0 Å². The maximum Gasteiger partial charge on any atom is 0.156 e. The Kier molecular flexibility index (Phi) is 3.93. The number of rotatable bonds is 0. The second-order valence-electron chi connectivity index (χ2n) is 6.26. The van der Waals surface area contributed by atoms with Gasteiger partial charge in [-0.05, 0) is 31.2 Å². The molecule has 3 aliphatic heterocycles. The predicted octanol–water partition coefficient (Wildman–Crippen LogP) is 1.76. The molecule has 0 radical (unpaired) electrons. The van der Waals surface area contributed by atoms with Gasteiger partial charge in [-0.3, -0.25) is 5.01 Å². The van der Waals surface area contributed by atoms with Crippen LogP contribution in [0.15, 0.2) is 59.1 Å². The zero-order valence-corrected chi connectivity index (χ0v) is 14.0. The van der Waals surface area contributed by atoms with Crippen LogP contribution in [-0.2, 0) is 6.54 Å². The number of hydrogen-bond acceptors (Lipinski definition) is 6. The average molecular weight is 341 g/mol. The number of halogens is 1. The largest absolute Gasteiger partial charge is 0.491 e. The summed E-state index contributed by atoms with van der Waals surface area (Å²) in [5.74, 6) is 1.90. The lowest BCUT2D eigenvalue weighted by Crippen LogP contribution is -2.33. The van der Waals surface area contributed by atoms with Crippen molar-refractivity contribution in [2.45, 2.75) is 19.5 Å². The van der Waals surface area contributed by atoms with E-state index in [1.807, 2.05) is 24.2 Å². The van der Waals surface area contributed by atoms with Gasteiger partial charge >= 0.3 is 0 Å². The average Bonchev–Trinajstić information content (AvgIpc) is 3.01. The lowest BCUT2D eigenvalue weighted by molar-refractivity contribution is 0.278. The monoisotopic (exact) mass is 341 g/mol. The van der Waals surface area contributed by atoms with Gasteiger partial charge in [-0.15, -0.1) is 0 Å². The number of hydrazine groups is 1. The Hall–Kier alpha value is -2.80. The number of amidine groups is 1. The highest BCUT2D eigenvalue weighted by Gasteiger charge is 2.26. The van der Waals surface area contributed by atoms with Crippen molar-refractivity contribution >= 4 is 5.84 Å². The molecule has 6 nitrogen and oxygen atoms in total. The fraction of sp³-hybridized carbons (Fsp3) is 0.278. The number of nitrogens with zero attached hydrogens (tertiary/aromatic N) is 2. The molecule has 0 saturated heterocycles. The highest BCUT2D eigenvalue weighted by molar-refractivity contribution is 5.94. The smallest absolute Gasteiger partial charge is 0.156 e. The molecule has 0 saturated carbocycles. The van der Waals surface area contributed by atoms with Gasteiger partial charge in [-0.1, -0.05) is 6.58 Å². The third-order valence-electron chi connectivity index (χ3n) is 4.29. The molecule has 0 fully saturated rings. The van der Waals surface area contributed by atoms with Gasteiger partial charge in [-0.2, -0.15) is 0 Å². The lowest BCUT2D eigenvalue weighted by Gasteiger charge is -2.20. The summed E-state index contributed by atoms with van der Waals surface area (Å²) in [5, 5.41) is 8.48. The van der Waals surface area contributed by atoms with Gasteiger partial charge in [0.05, 0.1) is 6.04 Å². The van der Waals surface area contributed by atoms with Gasteiger partial charge < -0.3 is 15.4 Å². The molecule has 25 heavy (non-hydrogen) atoms. The van der Waals surface area contributed by atoms with E-state index in [1.54, 1.807) is 6.07 Å². The second kappa shape index (κ2) is 6.25. The Morgan fingerprint density at radius 1 is 1.36 bits per heavy atom. The maximum atomic E-state index is 13.6. The third kappa shape index (κ3) is 3.10. The molecule has 1 atom stereocenters. The highest BCUT2D eigenvalue weighted by atomic mass is 19.1. The predicted molar refractivity (Wildman–Crippen MR) is 93.9 cm³/mol. The number of benzene rings is 1. The molecule has 3 aliphatic rings. The Morgan fingerprint density at radius 2 is 2.24 bits per heavy atom. The van der Waals surface area contributed by atoms with Gasteiger partial charge in [0, 0.05) is 36.1 Å². The Bertz CT molecular complexity index is 814. The number of nitrogens with one attached hydrogen (secondary N) is 3. The van der Waals surface area contributed by atoms with Crippen LogP contribution >= 0.6 is 0 Å². The van der Waals surface area contributed by atoms with Gasteiger partial charge in [0.2, 0.25) is 0 Å². The molecular weight excluding hydrogens is 321 g/mol. The lowest BCUT2D eigenvalue weighted by atomic mass is 10.2. The van der Waals surface area contributed by atoms with Crippen LogP contribution in [0.25, 0.3) is 0 Å². The molecule has 4 rings (SSSR count). The van der Waals surface area contributed by atoms with Gasteiger partial charge in [0.25, 0.3) is 0 Å². The minimum Gasteiger partial charge on any atom is -0.491 e. The molecule has 0 aliphatic carbocycles. The Labute approximate surface area is 145 Å². The fourth-order valence-corrected chi connectivity index (χ4v) is 3.00. The van der Waals surface area contributed by atoms with Crippen LogP contribution in [0, 0.1) is 5.82 Å². The first kappa shape index (κ1) is 15.7. The van der Waals surface area contributed by atoms with E-state index in [2.05, 4.69) is 27.6 Å². The fourth-order valence-electron chi connectivity index (χ4n) is 3.00. The van der Waals surface area contributed by atoms with Crippen LogP contribution in [0.3, 0.4) is 0 Å². The molecule has 1 aromatic rings. The minimum atomic E-state index is -0.287. The molecule has 1 aromatic carbocycles. The van der Waals surface area contributed by atoms with Crippen LogP contribution < -0.4 is 20.8 Å². The van der Waals surface area contributed by atoms with Gasteiger partial charge in [0.15, 0.2) is 5.82 Å². The molecule has 0 spiro atoms. The van der Waals surface area contributed by atoms with E-state index in [-0.39, 0.29) is 11.9 Å². The first-order valence-corrected chi connectivity index (χ1v) is 8.24. The zero-order valence-electron chi connectivity index (χ0n) is 14.0. The van der Waals surface area contributed by atoms with E-state index < -0.39 is 0 Å². The number of fused-ring (bicyclic) bond motifs is 1. The molecule has 0 amide bonds. The summed E-state index contributed by atoms with van der Waals surface area (Å²) in [4.78, 5) is 4.67. The molecule has 0 unspecified atom stereocenters. The van der Waals surface area contributed by atoms with Crippen molar-refractivity contribution in [2.75, 3.05) is 13.2 Å². The van der Waals surface area contributed by atoms with Crippen LogP contribution in [-0.4, -0.2) is 30.0 Å².